The molecule has 8 atom stereocenters. The number of nitrogens with zero attached hydrogens (tertiary/aromatic N) is 4. The van der Waals surface area contributed by atoms with E-state index in [9.17, 15) is 28.8 Å². The molecule has 4 aliphatic rings. The third kappa shape index (κ3) is 9.74. The maximum absolute atomic E-state index is 13.6. The summed E-state index contributed by atoms with van der Waals surface area (Å²) in [4.78, 5) is 86.8. The smallest absolute Gasteiger partial charge is 0.247 e. The van der Waals surface area contributed by atoms with Crippen molar-refractivity contribution < 1.29 is 28.8 Å². The van der Waals surface area contributed by atoms with Gasteiger partial charge in [0.1, 0.15) is 12.1 Å². The largest absolute Gasteiger partial charge is 0.341 e. The Morgan fingerprint density at radius 1 is 0.620 bits per heavy atom. The van der Waals surface area contributed by atoms with Gasteiger partial charge in [0, 0.05) is 63.2 Å². The number of amides is 6. The molecular weight excluding hydrogens is 640 g/mol. The van der Waals surface area contributed by atoms with Gasteiger partial charge in [-0.05, 0) is 93.2 Å². The minimum atomic E-state index is -0.782. The van der Waals surface area contributed by atoms with Crippen molar-refractivity contribution in [3.05, 3.63) is 0 Å². The Balaban J connectivity index is 1.26. The van der Waals surface area contributed by atoms with Crippen molar-refractivity contribution in [2.45, 2.75) is 153 Å². The van der Waals surface area contributed by atoms with Gasteiger partial charge in [-0.15, -0.1) is 0 Å². The third-order valence-corrected chi connectivity index (χ3v) is 11.5. The number of rotatable bonds is 13. The van der Waals surface area contributed by atoms with E-state index >= 15 is 0 Å². The predicted molar refractivity (Wildman–Crippen MR) is 190 cm³/mol. The lowest BCUT2D eigenvalue weighted by atomic mass is 10.0. The fourth-order valence-electron chi connectivity index (χ4n) is 8.00. The lowest BCUT2D eigenvalue weighted by Crippen LogP contribution is -2.60. The average Bonchev–Trinajstić information content (AvgIpc) is 3.65. The van der Waals surface area contributed by atoms with Crippen LogP contribution in [0.3, 0.4) is 0 Å². The molecule has 0 unspecified atom stereocenters. The highest BCUT2D eigenvalue weighted by atomic mass is 16.2. The van der Waals surface area contributed by atoms with Crippen LogP contribution in [0.2, 0.25) is 0 Å². The van der Waals surface area contributed by atoms with Gasteiger partial charge in [-0.1, -0.05) is 12.8 Å². The molecule has 0 aromatic rings. The molecule has 0 aromatic heterocycles. The molecule has 0 saturated carbocycles. The molecule has 0 radical (unpaired) electrons. The van der Waals surface area contributed by atoms with Crippen molar-refractivity contribution in [1.82, 2.24) is 40.9 Å². The van der Waals surface area contributed by atoms with Gasteiger partial charge in [-0.2, -0.15) is 0 Å². The van der Waals surface area contributed by atoms with Crippen LogP contribution in [0.25, 0.3) is 0 Å². The van der Waals surface area contributed by atoms with Crippen LogP contribution in [0, 0.1) is 0 Å². The summed E-state index contributed by atoms with van der Waals surface area (Å²) in [6.45, 7) is 9.00. The van der Waals surface area contributed by atoms with Crippen molar-refractivity contribution in [2.24, 2.45) is 0 Å². The average molecular weight is 703 g/mol. The van der Waals surface area contributed by atoms with Crippen LogP contribution in [0.4, 0.5) is 0 Å². The minimum Gasteiger partial charge on any atom is -0.341 e. The topological polar surface area (TPSA) is 164 Å². The van der Waals surface area contributed by atoms with E-state index in [1.54, 1.807) is 37.7 Å². The summed E-state index contributed by atoms with van der Waals surface area (Å²) in [5.74, 6) is -0.791. The highest BCUT2D eigenvalue weighted by molar-refractivity contribution is 5.92. The van der Waals surface area contributed by atoms with Gasteiger partial charge in [0.05, 0.1) is 12.1 Å². The summed E-state index contributed by atoms with van der Waals surface area (Å²) in [5, 5.41) is 11.6. The monoisotopic (exact) mass is 702 g/mol. The lowest BCUT2D eigenvalue weighted by molar-refractivity contribution is -0.144. The van der Waals surface area contributed by atoms with E-state index in [1.807, 2.05) is 23.6 Å². The molecule has 0 aromatic carbocycles. The fourth-order valence-corrected chi connectivity index (χ4v) is 8.00. The van der Waals surface area contributed by atoms with Gasteiger partial charge in [0.15, 0.2) is 0 Å². The number of hydrogen-bond donors (Lipinski definition) is 4. The standard InChI is InChI=1S/C36H62N8O6/c1-23-13-15-27-17-19-41(21-29(35(49)43(23)27)39-33(47)25(3)37-5)31(45)11-9-7-8-10-12-32(46)42-20-18-28-16-14-24(2)44(28)36(50)30(22-42)40-34(48)26(4)38-6/h23-30,37-38H,7-22H2,1-6H3,(H,39,47)(H,40,48)/t23-,24-,25+,26+,27-,28-,29+,30+/m1/s1. The molecule has 4 heterocycles. The fraction of sp³-hybridized carbons (Fsp3) is 0.833. The summed E-state index contributed by atoms with van der Waals surface area (Å²) in [6, 6.07) is -2.11. The molecule has 282 valence electrons. The van der Waals surface area contributed by atoms with Crippen LogP contribution in [0.15, 0.2) is 0 Å². The molecule has 4 rings (SSSR count). The quantitative estimate of drug-likeness (QED) is 0.204. The first-order chi connectivity index (χ1) is 23.9. The van der Waals surface area contributed by atoms with Crippen molar-refractivity contribution in [1.29, 1.82) is 0 Å². The Morgan fingerprint density at radius 2 is 1.00 bits per heavy atom. The molecule has 4 saturated heterocycles. The Hall–Kier alpha value is -3.26. The SMILES string of the molecule is CN[C@@H](C)C(=O)N[C@H]1CN(C(=O)CCCCCCC(=O)N2CC[C@H]3CC[C@@H](C)N3C(=O)[C@@H](NC(=O)[C@H](C)NC)C2)CC[C@H]2CC[C@@H](C)N2C1=O. The van der Waals surface area contributed by atoms with E-state index in [4.69, 9.17) is 0 Å². The lowest BCUT2D eigenvalue weighted by Gasteiger charge is -2.38. The zero-order valence-corrected chi connectivity index (χ0v) is 31.2. The third-order valence-electron chi connectivity index (χ3n) is 11.5. The van der Waals surface area contributed by atoms with Gasteiger partial charge >= 0.3 is 0 Å². The molecule has 14 heteroatoms. The Morgan fingerprint density at radius 3 is 1.36 bits per heavy atom. The second kappa shape index (κ2) is 18.3. The summed E-state index contributed by atoms with van der Waals surface area (Å²) >= 11 is 0. The Bertz CT molecular complexity index is 1140. The van der Waals surface area contributed by atoms with E-state index in [0.717, 1.165) is 51.4 Å². The molecule has 0 spiro atoms. The van der Waals surface area contributed by atoms with Gasteiger partial charge in [-0.3, -0.25) is 28.8 Å². The first kappa shape index (κ1) is 39.5. The highest BCUT2D eigenvalue weighted by Gasteiger charge is 2.43. The number of likely N-dealkylation sites (N-methyl/N-ethyl adjacent to an activating group) is 2. The molecule has 6 amide bonds. The van der Waals surface area contributed by atoms with Gasteiger partial charge < -0.3 is 40.9 Å². The minimum absolute atomic E-state index is 0.0180. The molecule has 50 heavy (non-hydrogen) atoms. The van der Waals surface area contributed by atoms with E-state index in [0.29, 0.717) is 38.8 Å². The van der Waals surface area contributed by atoms with Gasteiger partial charge in [0.2, 0.25) is 35.4 Å². The van der Waals surface area contributed by atoms with Crippen LogP contribution in [-0.4, -0.2) is 144 Å². The highest BCUT2D eigenvalue weighted by Crippen LogP contribution is 2.30. The second-order valence-electron chi connectivity index (χ2n) is 15.0. The molecule has 4 N–H and O–H groups in total. The van der Waals surface area contributed by atoms with Crippen molar-refractivity contribution in [3.63, 3.8) is 0 Å². The maximum Gasteiger partial charge on any atom is 0.247 e. The van der Waals surface area contributed by atoms with Crippen LogP contribution >= 0.6 is 0 Å². The molecule has 0 bridgehead atoms. The molecule has 0 aliphatic carbocycles. The van der Waals surface area contributed by atoms with Gasteiger partial charge in [-0.25, -0.2) is 0 Å². The van der Waals surface area contributed by atoms with Crippen LogP contribution < -0.4 is 21.3 Å². The predicted octanol–water partition coefficient (Wildman–Crippen LogP) is 0.736. The number of unbranched alkanes of at least 4 members (excludes halogenated alkanes) is 3. The van der Waals surface area contributed by atoms with Crippen molar-refractivity contribution in [2.75, 3.05) is 40.3 Å². The van der Waals surface area contributed by atoms with E-state index in [2.05, 4.69) is 21.3 Å². The number of carbonyl (C=O) groups is 6. The van der Waals surface area contributed by atoms with Crippen LogP contribution in [-0.2, 0) is 28.8 Å². The van der Waals surface area contributed by atoms with E-state index < -0.39 is 24.2 Å². The molecular formula is C36H62N8O6. The van der Waals surface area contributed by atoms with Crippen molar-refractivity contribution >= 4 is 35.4 Å². The van der Waals surface area contributed by atoms with Crippen molar-refractivity contribution in [3.8, 4) is 0 Å². The Labute approximate surface area is 298 Å². The molecule has 4 aliphatic heterocycles. The summed E-state index contributed by atoms with van der Waals surface area (Å²) < 4.78 is 0. The molecule has 4 fully saturated rings. The first-order valence-electron chi connectivity index (χ1n) is 19.0. The van der Waals surface area contributed by atoms with E-state index in [-0.39, 0.29) is 72.7 Å². The summed E-state index contributed by atoms with van der Waals surface area (Å²) in [7, 11) is 3.39. The van der Waals surface area contributed by atoms with Crippen LogP contribution in [0.1, 0.15) is 105 Å². The first-order valence-corrected chi connectivity index (χ1v) is 19.0. The van der Waals surface area contributed by atoms with E-state index in [1.165, 1.54) is 0 Å². The second-order valence-corrected chi connectivity index (χ2v) is 15.0. The normalized spacial score (nSPS) is 28.5. The zero-order chi connectivity index (χ0) is 36.5. The molecule has 14 nitrogen and oxygen atoms in total. The van der Waals surface area contributed by atoms with Gasteiger partial charge in [0.25, 0.3) is 0 Å². The maximum atomic E-state index is 13.6. The summed E-state index contributed by atoms with van der Waals surface area (Å²) in [5.41, 5.74) is 0. The van der Waals surface area contributed by atoms with Crippen LogP contribution in [0.5, 0.6) is 0 Å². The zero-order valence-electron chi connectivity index (χ0n) is 31.2. The number of carbonyl (C=O) groups excluding carboxylic acids is 6. The number of fused-ring (bicyclic) bond motifs is 2. The number of nitrogens with one attached hydrogen (secondary N) is 4. The summed E-state index contributed by atoms with van der Waals surface area (Å²) in [6.07, 6.45) is 8.70. The Kier molecular flexibility index (Phi) is 14.5. The number of hydrogen-bond acceptors (Lipinski definition) is 8.